The fourth-order valence-corrected chi connectivity index (χ4v) is 2.05. The van der Waals surface area contributed by atoms with Crippen molar-refractivity contribution in [3.05, 3.63) is 11.8 Å². The zero-order valence-electron chi connectivity index (χ0n) is 9.48. The minimum Gasteiger partial charge on any atom is -0.425 e. The number of rotatable bonds is 4. The monoisotopic (exact) mass is 222 g/mol. The van der Waals surface area contributed by atoms with E-state index in [0.29, 0.717) is 5.92 Å². The summed E-state index contributed by atoms with van der Waals surface area (Å²) in [7, 11) is 0. The zero-order chi connectivity index (χ0) is 10.8. The highest BCUT2D eigenvalue weighted by Gasteiger charge is 2.29. The van der Waals surface area contributed by atoms with E-state index in [1.54, 1.807) is 0 Å². The maximum absolute atomic E-state index is 5.63. The summed E-state index contributed by atoms with van der Waals surface area (Å²) >= 11 is 0. The van der Waals surface area contributed by atoms with Gasteiger partial charge in [0.25, 0.3) is 0 Å². The van der Waals surface area contributed by atoms with Crippen LogP contribution in [-0.2, 0) is 6.42 Å². The first-order valence-electron chi connectivity index (χ1n) is 6.17. The fraction of sp³-hybridized carbons (Fsp3) is 0.818. The number of nitrogens with zero attached hydrogens (tertiary/aromatic N) is 3. The van der Waals surface area contributed by atoms with E-state index in [-0.39, 0.29) is 0 Å². The Bertz CT molecular complexity index is 342. The van der Waals surface area contributed by atoms with Crippen LogP contribution in [0.4, 0.5) is 0 Å². The minimum atomic E-state index is 0.570. The van der Waals surface area contributed by atoms with E-state index < -0.39 is 0 Å². The second kappa shape index (κ2) is 4.51. The molecule has 3 rings (SSSR count). The molecule has 0 aromatic carbocycles. The Morgan fingerprint density at radius 3 is 2.81 bits per heavy atom. The maximum atomic E-state index is 5.63. The quantitative estimate of drug-likeness (QED) is 0.799. The molecule has 0 amide bonds. The molecule has 0 radical (unpaired) electrons. The molecule has 0 bridgehead atoms. The summed E-state index contributed by atoms with van der Waals surface area (Å²) in [6.45, 7) is 5.48. The van der Waals surface area contributed by atoms with Gasteiger partial charge < -0.3 is 14.6 Å². The summed E-state index contributed by atoms with van der Waals surface area (Å²) in [5, 5.41) is 11.5. The average Bonchev–Trinajstić information content (AvgIpc) is 3.08. The lowest BCUT2D eigenvalue weighted by atomic mass is 10.3. The normalized spacial score (nSPS) is 22.5. The largest absolute Gasteiger partial charge is 0.425 e. The van der Waals surface area contributed by atoms with E-state index in [1.807, 2.05) is 0 Å². The number of hydrogen-bond acceptors (Lipinski definition) is 5. The van der Waals surface area contributed by atoms with Crippen molar-refractivity contribution in [2.24, 2.45) is 0 Å². The van der Waals surface area contributed by atoms with Gasteiger partial charge in [-0.1, -0.05) is 0 Å². The van der Waals surface area contributed by atoms with Crippen LogP contribution in [0.2, 0.25) is 0 Å². The van der Waals surface area contributed by atoms with Crippen molar-refractivity contribution in [1.29, 1.82) is 0 Å². The van der Waals surface area contributed by atoms with E-state index in [4.69, 9.17) is 4.42 Å². The van der Waals surface area contributed by atoms with Gasteiger partial charge in [-0.25, -0.2) is 0 Å². The summed E-state index contributed by atoms with van der Waals surface area (Å²) in [6.07, 6.45) is 3.33. The number of piperazine rings is 1. The van der Waals surface area contributed by atoms with Crippen molar-refractivity contribution >= 4 is 0 Å². The molecule has 0 atom stereocenters. The smallest absolute Gasteiger partial charge is 0.219 e. The molecule has 2 aliphatic rings. The Labute approximate surface area is 95.2 Å². The van der Waals surface area contributed by atoms with Crippen molar-refractivity contribution in [3.8, 4) is 0 Å². The molecule has 1 aliphatic carbocycles. The predicted molar refractivity (Wildman–Crippen MR) is 59.3 cm³/mol. The first-order chi connectivity index (χ1) is 7.92. The Balaban J connectivity index is 1.49. The molecule has 1 saturated heterocycles. The Morgan fingerprint density at radius 1 is 1.25 bits per heavy atom. The summed E-state index contributed by atoms with van der Waals surface area (Å²) < 4.78 is 5.63. The van der Waals surface area contributed by atoms with Crippen molar-refractivity contribution < 1.29 is 4.42 Å². The van der Waals surface area contributed by atoms with Gasteiger partial charge in [-0.2, -0.15) is 0 Å². The molecule has 5 heteroatoms. The van der Waals surface area contributed by atoms with E-state index in [2.05, 4.69) is 20.4 Å². The SMILES string of the molecule is C1CN(CCc2nnc(C3CC3)o2)CCN1. The molecule has 1 aromatic rings. The van der Waals surface area contributed by atoms with Crippen LogP contribution < -0.4 is 5.32 Å². The van der Waals surface area contributed by atoms with Gasteiger partial charge in [0.15, 0.2) is 0 Å². The summed E-state index contributed by atoms with van der Waals surface area (Å²) in [4.78, 5) is 2.44. The van der Waals surface area contributed by atoms with Crippen LogP contribution in [0.1, 0.15) is 30.5 Å². The zero-order valence-corrected chi connectivity index (χ0v) is 9.48. The first-order valence-corrected chi connectivity index (χ1v) is 6.17. The summed E-state index contributed by atoms with van der Waals surface area (Å²) in [6, 6.07) is 0. The predicted octanol–water partition coefficient (Wildman–Crippen LogP) is 0.395. The van der Waals surface area contributed by atoms with Crippen LogP contribution in [0.25, 0.3) is 0 Å². The van der Waals surface area contributed by atoms with Crippen LogP contribution in [0.3, 0.4) is 0 Å². The molecule has 88 valence electrons. The van der Waals surface area contributed by atoms with Crippen LogP contribution >= 0.6 is 0 Å². The van der Waals surface area contributed by atoms with Crippen LogP contribution in [-0.4, -0.2) is 47.8 Å². The second-order valence-corrected chi connectivity index (χ2v) is 4.65. The van der Waals surface area contributed by atoms with Crippen LogP contribution in [0.5, 0.6) is 0 Å². The van der Waals surface area contributed by atoms with Gasteiger partial charge in [0.1, 0.15) is 0 Å². The van der Waals surface area contributed by atoms with Gasteiger partial charge in [-0.15, -0.1) is 10.2 Å². The molecular weight excluding hydrogens is 204 g/mol. The molecule has 2 heterocycles. The van der Waals surface area contributed by atoms with Gasteiger partial charge >= 0.3 is 0 Å². The number of nitrogens with one attached hydrogen (secondary N) is 1. The van der Waals surface area contributed by atoms with E-state index in [0.717, 1.165) is 50.9 Å². The van der Waals surface area contributed by atoms with Gasteiger partial charge in [0, 0.05) is 45.1 Å². The summed E-state index contributed by atoms with van der Waals surface area (Å²) in [5.74, 6) is 2.23. The van der Waals surface area contributed by atoms with Crippen molar-refractivity contribution in [2.75, 3.05) is 32.7 Å². The van der Waals surface area contributed by atoms with Gasteiger partial charge in [0.05, 0.1) is 0 Å². The molecule has 0 unspecified atom stereocenters. The van der Waals surface area contributed by atoms with Crippen molar-refractivity contribution in [1.82, 2.24) is 20.4 Å². The molecule has 1 N–H and O–H groups in total. The second-order valence-electron chi connectivity index (χ2n) is 4.65. The van der Waals surface area contributed by atoms with E-state index in [9.17, 15) is 0 Å². The lowest BCUT2D eigenvalue weighted by Crippen LogP contribution is -2.44. The Hall–Kier alpha value is -0.940. The molecule has 1 aliphatic heterocycles. The molecule has 2 fully saturated rings. The highest BCUT2D eigenvalue weighted by atomic mass is 16.4. The third kappa shape index (κ3) is 2.41. The molecule has 16 heavy (non-hydrogen) atoms. The summed E-state index contributed by atoms with van der Waals surface area (Å²) in [5.41, 5.74) is 0. The molecule has 0 spiro atoms. The average molecular weight is 222 g/mol. The third-order valence-corrected chi connectivity index (χ3v) is 3.26. The van der Waals surface area contributed by atoms with Gasteiger partial charge in [-0.3, -0.25) is 0 Å². The van der Waals surface area contributed by atoms with E-state index >= 15 is 0 Å². The van der Waals surface area contributed by atoms with Crippen molar-refractivity contribution in [3.63, 3.8) is 0 Å². The molecular formula is C11H18N4O. The Kier molecular flexibility index (Phi) is 2.88. The highest BCUT2D eigenvalue weighted by Crippen LogP contribution is 2.38. The van der Waals surface area contributed by atoms with Gasteiger partial charge in [0.2, 0.25) is 11.8 Å². The fourth-order valence-electron chi connectivity index (χ4n) is 2.05. The molecule has 5 nitrogen and oxygen atoms in total. The van der Waals surface area contributed by atoms with Crippen LogP contribution in [0.15, 0.2) is 4.42 Å². The Morgan fingerprint density at radius 2 is 2.06 bits per heavy atom. The maximum Gasteiger partial charge on any atom is 0.219 e. The van der Waals surface area contributed by atoms with Crippen LogP contribution in [0, 0.1) is 0 Å². The standard InChI is InChI=1S/C11H18N4O/c1-2-9(1)11-14-13-10(16-11)3-6-15-7-4-12-5-8-15/h9,12H,1-8H2. The lowest BCUT2D eigenvalue weighted by Gasteiger charge is -2.26. The topological polar surface area (TPSA) is 54.2 Å². The number of hydrogen-bond donors (Lipinski definition) is 1. The number of aromatic nitrogens is 2. The minimum absolute atomic E-state index is 0.570. The van der Waals surface area contributed by atoms with Crippen molar-refractivity contribution in [2.45, 2.75) is 25.2 Å². The highest BCUT2D eigenvalue weighted by molar-refractivity contribution is 5.00. The lowest BCUT2D eigenvalue weighted by molar-refractivity contribution is 0.237. The van der Waals surface area contributed by atoms with Gasteiger partial charge in [-0.05, 0) is 12.8 Å². The molecule has 1 aromatic heterocycles. The molecule has 1 saturated carbocycles. The van der Waals surface area contributed by atoms with E-state index in [1.165, 1.54) is 12.8 Å². The third-order valence-electron chi connectivity index (χ3n) is 3.26. The first kappa shape index (κ1) is 10.2.